The third-order valence-corrected chi connectivity index (χ3v) is 2.54. The zero-order chi connectivity index (χ0) is 10.9. The van der Waals surface area contributed by atoms with E-state index < -0.39 is 11.5 Å². The second-order valence-corrected chi connectivity index (χ2v) is 3.87. The van der Waals surface area contributed by atoms with E-state index in [1.54, 1.807) is 0 Å². The minimum atomic E-state index is -0.935. The van der Waals surface area contributed by atoms with Gasteiger partial charge in [-0.2, -0.15) is 0 Å². The average molecular weight is 207 g/mol. The fraction of sp³-hybridized carbons (Fsp3) is 0.364. The summed E-state index contributed by atoms with van der Waals surface area (Å²) >= 11 is 0. The van der Waals surface area contributed by atoms with Crippen LogP contribution in [0.15, 0.2) is 24.3 Å². The Labute approximate surface area is 87.9 Å². The number of hydrogen-bond donors (Lipinski definition) is 2. The van der Waals surface area contributed by atoms with Crippen molar-refractivity contribution >= 4 is 11.7 Å². The van der Waals surface area contributed by atoms with Crippen LogP contribution in [0.5, 0.6) is 0 Å². The van der Waals surface area contributed by atoms with Gasteiger partial charge in [-0.15, -0.1) is 0 Å². The van der Waals surface area contributed by atoms with Crippen molar-refractivity contribution in [3.8, 4) is 0 Å². The summed E-state index contributed by atoms with van der Waals surface area (Å²) in [4.78, 5) is 11.0. The molecule has 0 unspecified atom stereocenters. The Bertz CT molecular complexity index is 368. The molecule has 1 aliphatic heterocycles. The van der Waals surface area contributed by atoms with Gasteiger partial charge in [-0.25, -0.2) is 4.79 Å². The van der Waals surface area contributed by atoms with E-state index in [0.29, 0.717) is 0 Å². The van der Waals surface area contributed by atoms with E-state index in [1.165, 1.54) is 0 Å². The SMILES string of the molecule is Cc1ccc(NC2(C(=O)O)COC2)cc1. The molecule has 0 atom stereocenters. The van der Waals surface area contributed by atoms with Gasteiger partial charge >= 0.3 is 5.97 Å². The summed E-state index contributed by atoms with van der Waals surface area (Å²) in [6.07, 6.45) is 0. The van der Waals surface area contributed by atoms with Crippen LogP contribution in [0.2, 0.25) is 0 Å². The summed E-state index contributed by atoms with van der Waals surface area (Å²) in [5, 5.41) is 12.1. The molecular weight excluding hydrogens is 194 g/mol. The molecule has 15 heavy (non-hydrogen) atoms. The van der Waals surface area contributed by atoms with Crippen molar-refractivity contribution in [2.75, 3.05) is 18.5 Å². The van der Waals surface area contributed by atoms with Crippen molar-refractivity contribution < 1.29 is 14.6 Å². The molecule has 0 spiro atoms. The first-order chi connectivity index (χ1) is 7.12. The maximum Gasteiger partial charge on any atom is 0.334 e. The van der Waals surface area contributed by atoms with Crippen molar-refractivity contribution in [1.82, 2.24) is 0 Å². The number of aliphatic carboxylic acids is 1. The van der Waals surface area contributed by atoms with Crippen molar-refractivity contribution in [2.45, 2.75) is 12.5 Å². The second-order valence-electron chi connectivity index (χ2n) is 3.87. The van der Waals surface area contributed by atoms with Crippen LogP contribution in [0.25, 0.3) is 0 Å². The van der Waals surface area contributed by atoms with Crippen LogP contribution >= 0.6 is 0 Å². The van der Waals surface area contributed by atoms with Gasteiger partial charge < -0.3 is 15.2 Å². The molecule has 0 radical (unpaired) electrons. The van der Waals surface area contributed by atoms with Crippen molar-refractivity contribution in [3.63, 3.8) is 0 Å². The molecule has 4 nitrogen and oxygen atoms in total. The highest BCUT2D eigenvalue weighted by Gasteiger charge is 2.46. The number of benzene rings is 1. The van der Waals surface area contributed by atoms with Gasteiger partial charge in [-0.3, -0.25) is 0 Å². The molecule has 1 aliphatic rings. The smallest absolute Gasteiger partial charge is 0.334 e. The summed E-state index contributed by atoms with van der Waals surface area (Å²) in [6.45, 7) is 2.43. The summed E-state index contributed by atoms with van der Waals surface area (Å²) in [5.74, 6) is -0.866. The van der Waals surface area contributed by atoms with E-state index in [2.05, 4.69) is 5.32 Å². The molecule has 0 aromatic heterocycles. The molecular formula is C11H13NO3. The maximum absolute atomic E-state index is 11.0. The van der Waals surface area contributed by atoms with E-state index in [-0.39, 0.29) is 13.2 Å². The topological polar surface area (TPSA) is 58.6 Å². The third-order valence-electron chi connectivity index (χ3n) is 2.54. The van der Waals surface area contributed by atoms with E-state index in [9.17, 15) is 4.79 Å². The second kappa shape index (κ2) is 3.55. The molecule has 80 valence electrons. The van der Waals surface area contributed by atoms with Crippen LogP contribution in [0.1, 0.15) is 5.56 Å². The van der Waals surface area contributed by atoms with Crippen LogP contribution < -0.4 is 5.32 Å². The number of rotatable bonds is 3. The monoisotopic (exact) mass is 207 g/mol. The predicted octanol–water partition coefficient (Wildman–Crippen LogP) is 1.26. The highest BCUT2D eigenvalue weighted by molar-refractivity contribution is 5.84. The van der Waals surface area contributed by atoms with Crippen LogP contribution in [0, 0.1) is 6.92 Å². The van der Waals surface area contributed by atoms with Gasteiger partial charge in [0.1, 0.15) is 0 Å². The van der Waals surface area contributed by atoms with Gasteiger partial charge in [0, 0.05) is 5.69 Å². The highest BCUT2D eigenvalue weighted by Crippen LogP contribution is 2.23. The lowest BCUT2D eigenvalue weighted by Crippen LogP contribution is -2.61. The Balaban J connectivity index is 2.13. The number of anilines is 1. The Morgan fingerprint density at radius 3 is 2.40 bits per heavy atom. The highest BCUT2D eigenvalue weighted by atomic mass is 16.5. The average Bonchev–Trinajstić information content (AvgIpc) is 2.13. The van der Waals surface area contributed by atoms with Gasteiger partial charge in [0.15, 0.2) is 5.54 Å². The van der Waals surface area contributed by atoms with Gasteiger partial charge in [-0.1, -0.05) is 17.7 Å². The molecule has 0 aliphatic carbocycles. The van der Waals surface area contributed by atoms with E-state index in [4.69, 9.17) is 9.84 Å². The van der Waals surface area contributed by atoms with Gasteiger partial charge in [-0.05, 0) is 19.1 Å². The molecule has 1 heterocycles. The molecule has 1 aromatic carbocycles. The zero-order valence-electron chi connectivity index (χ0n) is 8.49. The fourth-order valence-electron chi connectivity index (χ4n) is 1.47. The largest absolute Gasteiger partial charge is 0.479 e. The number of carboxylic acid groups (broad SMARTS) is 1. The number of carbonyl (C=O) groups is 1. The quantitative estimate of drug-likeness (QED) is 0.783. The molecule has 0 amide bonds. The Morgan fingerprint density at radius 1 is 1.40 bits per heavy atom. The first-order valence-corrected chi connectivity index (χ1v) is 4.78. The Kier molecular flexibility index (Phi) is 2.36. The number of carboxylic acids is 1. The van der Waals surface area contributed by atoms with E-state index in [1.807, 2.05) is 31.2 Å². The minimum Gasteiger partial charge on any atom is -0.479 e. The van der Waals surface area contributed by atoms with Crippen molar-refractivity contribution in [2.24, 2.45) is 0 Å². The number of nitrogens with one attached hydrogen (secondary N) is 1. The summed E-state index contributed by atoms with van der Waals surface area (Å²) in [6, 6.07) is 7.63. The van der Waals surface area contributed by atoms with Gasteiger partial charge in [0.25, 0.3) is 0 Å². The number of aryl methyl sites for hydroxylation is 1. The lowest BCUT2D eigenvalue weighted by molar-refractivity contribution is -0.158. The predicted molar refractivity (Wildman–Crippen MR) is 56.0 cm³/mol. The zero-order valence-corrected chi connectivity index (χ0v) is 8.49. The normalized spacial score (nSPS) is 17.9. The molecule has 0 saturated carbocycles. The standard InChI is InChI=1S/C11H13NO3/c1-8-2-4-9(5-3-8)12-11(10(13)14)6-15-7-11/h2-5,12H,6-7H2,1H3,(H,13,14). The van der Waals surface area contributed by atoms with Crippen LogP contribution in [0.3, 0.4) is 0 Å². The van der Waals surface area contributed by atoms with E-state index >= 15 is 0 Å². The maximum atomic E-state index is 11.0. The Hall–Kier alpha value is -1.55. The lowest BCUT2D eigenvalue weighted by atomic mass is 9.97. The third kappa shape index (κ3) is 1.80. The fourth-order valence-corrected chi connectivity index (χ4v) is 1.47. The number of hydrogen-bond acceptors (Lipinski definition) is 3. The van der Waals surface area contributed by atoms with Gasteiger partial charge in [0.05, 0.1) is 13.2 Å². The molecule has 2 rings (SSSR count). The molecule has 4 heteroatoms. The summed E-state index contributed by atoms with van der Waals surface area (Å²) < 4.78 is 4.95. The molecule has 1 saturated heterocycles. The number of ether oxygens (including phenoxy) is 1. The minimum absolute atomic E-state index is 0.218. The summed E-state index contributed by atoms with van der Waals surface area (Å²) in [7, 11) is 0. The van der Waals surface area contributed by atoms with Crippen LogP contribution in [-0.4, -0.2) is 29.8 Å². The van der Waals surface area contributed by atoms with Gasteiger partial charge in [0.2, 0.25) is 0 Å². The molecule has 2 N–H and O–H groups in total. The molecule has 1 aromatic rings. The lowest BCUT2D eigenvalue weighted by Gasteiger charge is -2.38. The van der Waals surface area contributed by atoms with E-state index in [0.717, 1.165) is 11.3 Å². The molecule has 0 bridgehead atoms. The summed E-state index contributed by atoms with van der Waals surface area (Å²) in [5.41, 5.74) is 1.02. The first kappa shape index (κ1) is 9.98. The van der Waals surface area contributed by atoms with Crippen LogP contribution in [0.4, 0.5) is 5.69 Å². The van der Waals surface area contributed by atoms with Crippen molar-refractivity contribution in [1.29, 1.82) is 0 Å². The Morgan fingerprint density at radius 2 is 2.00 bits per heavy atom. The van der Waals surface area contributed by atoms with Crippen LogP contribution in [-0.2, 0) is 9.53 Å². The van der Waals surface area contributed by atoms with Crippen molar-refractivity contribution in [3.05, 3.63) is 29.8 Å². The molecule has 1 fully saturated rings. The first-order valence-electron chi connectivity index (χ1n) is 4.78.